The van der Waals surface area contributed by atoms with Gasteiger partial charge in [0.05, 0.1) is 43.0 Å². The molecule has 0 radical (unpaired) electrons. The van der Waals surface area contributed by atoms with E-state index in [-0.39, 0.29) is 5.56 Å². The summed E-state index contributed by atoms with van der Waals surface area (Å²) in [6.45, 7) is 2.06. The van der Waals surface area contributed by atoms with Crippen molar-refractivity contribution in [2.75, 3.05) is 25.6 Å². The van der Waals surface area contributed by atoms with Crippen LogP contribution in [0, 0.1) is 5.92 Å². The summed E-state index contributed by atoms with van der Waals surface area (Å²) >= 11 is 0. The predicted molar refractivity (Wildman–Crippen MR) is 111 cm³/mol. The van der Waals surface area contributed by atoms with Gasteiger partial charge in [0.25, 0.3) is 0 Å². The third-order valence-corrected chi connectivity index (χ3v) is 5.22. The van der Waals surface area contributed by atoms with Gasteiger partial charge in [-0.25, -0.2) is 14.5 Å². The Kier molecular flexibility index (Phi) is 4.93. The smallest absolute Gasteiger partial charge is 0.419 e. The SMILES string of the molecule is Nc1ncc(-c2cnc3ccc(-c4ccc(OCC5COC5)cc4)nn23)cc1C(F)(F)F. The van der Waals surface area contributed by atoms with Gasteiger partial charge in [0, 0.05) is 23.2 Å². The molecule has 0 amide bonds. The highest BCUT2D eigenvalue weighted by molar-refractivity contribution is 5.67. The number of hydrogen-bond acceptors (Lipinski definition) is 6. The molecule has 10 heteroatoms. The normalized spacial score (nSPS) is 14.5. The summed E-state index contributed by atoms with van der Waals surface area (Å²) in [7, 11) is 0. The molecule has 164 valence electrons. The van der Waals surface area contributed by atoms with E-state index in [1.54, 1.807) is 12.1 Å². The maximum Gasteiger partial charge on any atom is 0.419 e. The molecule has 1 aliphatic rings. The average molecular weight is 441 g/mol. The van der Waals surface area contributed by atoms with Crippen LogP contribution in [-0.4, -0.2) is 39.4 Å². The molecule has 0 aliphatic carbocycles. The topological polar surface area (TPSA) is 87.6 Å². The number of hydrogen-bond donors (Lipinski definition) is 1. The zero-order chi connectivity index (χ0) is 22.3. The summed E-state index contributed by atoms with van der Waals surface area (Å²) < 4.78 is 52.1. The molecular weight excluding hydrogens is 423 g/mol. The van der Waals surface area contributed by atoms with Gasteiger partial charge in [0.1, 0.15) is 11.6 Å². The van der Waals surface area contributed by atoms with E-state index >= 15 is 0 Å². The fourth-order valence-electron chi connectivity index (χ4n) is 3.38. The first-order valence-electron chi connectivity index (χ1n) is 9.87. The Labute approximate surface area is 180 Å². The summed E-state index contributed by atoms with van der Waals surface area (Å²) in [5.74, 6) is 0.604. The van der Waals surface area contributed by atoms with Crippen LogP contribution >= 0.6 is 0 Å². The molecule has 0 atom stereocenters. The fraction of sp³-hybridized carbons (Fsp3) is 0.227. The molecule has 3 aromatic heterocycles. The largest absolute Gasteiger partial charge is 0.493 e. The first kappa shape index (κ1) is 20.3. The van der Waals surface area contributed by atoms with Crippen LogP contribution in [0.1, 0.15) is 5.56 Å². The molecule has 0 saturated carbocycles. The minimum absolute atomic E-state index is 0.215. The summed E-state index contributed by atoms with van der Waals surface area (Å²) in [5.41, 5.74) is 6.98. The number of aromatic nitrogens is 4. The standard InChI is InChI=1S/C22H18F3N5O2/c23-22(24,25)17-7-15(8-28-21(17)26)19-9-27-20-6-5-18(29-30(19)20)14-1-3-16(4-2-14)32-12-13-10-31-11-13/h1-9,13H,10-12H2,(H2,26,28). The Balaban J connectivity index is 1.45. The second kappa shape index (κ2) is 7.79. The zero-order valence-corrected chi connectivity index (χ0v) is 16.7. The Morgan fingerprint density at radius 1 is 1.03 bits per heavy atom. The van der Waals surface area contributed by atoms with E-state index in [1.165, 1.54) is 16.9 Å². The van der Waals surface area contributed by atoms with Crippen LogP contribution in [0.25, 0.3) is 28.2 Å². The molecule has 1 aliphatic heterocycles. The lowest BCUT2D eigenvalue weighted by Gasteiger charge is -2.25. The Hall–Kier alpha value is -3.66. The molecule has 4 heterocycles. The van der Waals surface area contributed by atoms with Gasteiger partial charge in [-0.2, -0.15) is 18.3 Å². The van der Waals surface area contributed by atoms with E-state index in [9.17, 15) is 13.2 Å². The van der Waals surface area contributed by atoms with E-state index in [0.29, 0.717) is 29.6 Å². The van der Waals surface area contributed by atoms with Crippen molar-refractivity contribution >= 4 is 11.5 Å². The molecule has 32 heavy (non-hydrogen) atoms. The second-order valence-corrected chi connectivity index (χ2v) is 7.53. The maximum atomic E-state index is 13.3. The number of ether oxygens (including phenoxy) is 2. The Morgan fingerprint density at radius 2 is 1.81 bits per heavy atom. The van der Waals surface area contributed by atoms with E-state index in [0.717, 1.165) is 30.6 Å². The van der Waals surface area contributed by atoms with Crippen molar-refractivity contribution in [1.29, 1.82) is 0 Å². The lowest BCUT2D eigenvalue weighted by Crippen LogP contribution is -2.32. The maximum absolute atomic E-state index is 13.3. The van der Waals surface area contributed by atoms with Crippen molar-refractivity contribution in [1.82, 2.24) is 19.6 Å². The van der Waals surface area contributed by atoms with Crippen LogP contribution in [0.15, 0.2) is 54.9 Å². The van der Waals surface area contributed by atoms with Gasteiger partial charge in [-0.15, -0.1) is 0 Å². The number of benzene rings is 1. The molecule has 0 bridgehead atoms. The molecular formula is C22H18F3N5O2. The van der Waals surface area contributed by atoms with Gasteiger partial charge in [0.2, 0.25) is 0 Å². The van der Waals surface area contributed by atoms with Crippen LogP contribution in [0.2, 0.25) is 0 Å². The Morgan fingerprint density at radius 3 is 2.50 bits per heavy atom. The number of pyridine rings is 1. The first-order chi connectivity index (χ1) is 15.4. The molecule has 4 aromatic rings. The molecule has 1 fully saturated rings. The lowest BCUT2D eigenvalue weighted by atomic mass is 10.1. The van der Waals surface area contributed by atoms with Crippen LogP contribution in [0.4, 0.5) is 19.0 Å². The van der Waals surface area contributed by atoms with Gasteiger partial charge in [-0.3, -0.25) is 0 Å². The molecule has 5 rings (SSSR count). The summed E-state index contributed by atoms with van der Waals surface area (Å²) in [6.07, 6.45) is -1.87. The third kappa shape index (κ3) is 3.84. The quantitative estimate of drug-likeness (QED) is 0.502. The number of nitrogen functional groups attached to an aromatic ring is 1. The monoisotopic (exact) mass is 441 g/mol. The Bertz CT molecular complexity index is 1270. The fourth-order valence-corrected chi connectivity index (χ4v) is 3.38. The number of rotatable bonds is 5. The second-order valence-electron chi connectivity index (χ2n) is 7.53. The minimum Gasteiger partial charge on any atom is -0.493 e. The van der Waals surface area contributed by atoms with E-state index in [1.807, 2.05) is 24.3 Å². The van der Waals surface area contributed by atoms with Gasteiger partial charge in [0.15, 0.2) is 5.65 Å². The molecule has 7 nitrogen and oxygen atoms in total. The van der Waals surface area contributed by atoms with Gasteiger partial charge in [-0.1, -0.05) is 0 Å². The first-order valence-corrected chi connectivity index (χ1v) is 9.87. The van der Waals surface area contributed by atoms with E-state index in [4.69, 9.17) is 15.2 Å². The minimum atomic E-state index is -4.61. The van der Waals surface area contributed by atoms with Crippen molar-refractivity contribution in [2.45, 2.75) is 6.18 Å². The molecule has 0 unspecified atom stereocenters. The number of nitrogens with zero attached hydrogens (tertiary/aromatic N) is 4. The number of anilines is 1. The van der Waals surface area contributed by atoms with Crippen molar-refractivity contribution in [3.63, 3.8) is 0 Å². The van der Waals surface area contributed by atoms with Gasteiger partial charge < -0.3 is 15.2 Å². The van der Waals surface area contributed by atoms with E-state index < -0.39 is 17.6 Å². The summed E-state index contributed by atoms with van der Waals surface area (Å²) in [4.78, 5) is 7.95. The lowest BCUT2D eigenvalue weighted by molar-refractivity contribution is -0.137. The van der Waals surface area contributed by atoms with Crippen molar-refractivity contribution < 1.29 is 22.6 Å². The number of imidazole rings is 1. The highest BCUT2D eigenvalue weighted by Gasteiger charge is 2.34. The number of halogens is 3. The molecule has 2 N–H and O–H groups in total. The highest BCUT2D eigenvalue weighted by atomic mass is 19.4. The molecule has 1 aromatic carbocycles. The summed E-state index contributed by atoms with van der Waals surface area (Å²) in [6, 6.07) is 12.0. The summed E-state index contributed by atoms with van der Waals surface area (Å²) in [5, 5.41) is 4.58. The third-order valence-electron chi connectivity index (χ3n) is 5.22. The average Bonchev–Trinajstić information content (AvgIpc) is 3.16. The van der Waals surface area contributed by atoms with Gasteiger partial charge in [-0.05, 0) is 42.5 Å². The van der Waals surface area contributed by atoms with Crippen molar-refractivity contribution in [3.05, 3.63) is 60.4 Å². The predicted octanol–water partition coefficient (Wildman–Crippen LogP) is 4.08. The van der Waals surface area contributed by atoms with Crippen molar-refractivity contribution in [2.24, 2.45) is 5.92 Å². The van der Waals surface area contributed by atoms with Gasteiger partial charge >= 0.3 is 6.18 Å². The highest BCUT2D eigenvalue weighted by Crippen LogP contribution is 2.35. The number of alkyl halides is 3. The zero-order valence-electron chi connectivity index (χ0n) is 16.7. The number of fused-ring (bicyclic) bond motifs is 1. The molecule has 1 saturated heterocycles. The van der Waals surface area contributed by atoms with Crippen LogP contribution < -0.4 is 10.5 Å². The van der Waals surface area contributed by atoms with Crippen LogP contribution in [0.3, 0.4) is 0 Å². The molecule has 0 spiro atoms. The number of nitrogens with two attached hydrogens (primary N) is 1. The van der Waals surface area contributed by atoms with Crippen molar-refractivity contribution in [3.8, 4) is 28.3 Å². The van der Waals surface area contributed by atoms with Crippen LogP contribution in [0.5, 0.6) is 5.75 Å². The van der Waals surface area contributed by atoms with Crippen LogP contribution in [-0.2, 0) is 10.9 Å². The van der Waals surface area contributed by atoms with E-state index in [2.05, 4.69) is 15.1 Å².